The van der Waals surface area contributed by atoms with Crippen LogP contribution >= 0.6 is 0 Å². The first-order valence-corrected chi connectivity index (χ1v) is 10.4. The highest BCUT2D eigenvalue weighted by atomic mass is 16.6. The number of aryl methyl sites for hydroxylation is 2. The van der Waals surface area contributed by atoms with E-state index in [1.807, 2.05) is 32.0 Å². The number of benzene rings is 2. The largest absolute Gasteiger partial charge is 0.462 e. The van der Waals surface area contributed by atoms with Crippen LogP contribution in [0.2, 0.25) is 0 Å². The van der Waals surface area contributed by atoms with Crippen molar-refractivity contribution in [3.63, 3.8) is 0 Å². The number of fused-ring (bicyclic) bond motifs is 1. The van der Waals surface area contributed by atoms with Gasteiger partial charge >= 0.3 is 5.97 Å². The zero-order chi connectivity index (χ0) is 21.0. The van der Waals surface area contributed by atoms with Crippen LogP contribution in [0.4, 0.5) is 11.4 Å². The minimum atomic E-state index is -0.339. The Hall–Kier alpha value is -3.15. The highest BCUT2D eigenvalue weighted by Gasteiger charge is 2.63. The van der Waals surface area contributed by atoms with E-state index in [0.29, 0.717) is 11.3 Å². The first-order valence-electron chi connectivity index (χ1n) is 10.4. The van der Waals surface area contributed by atoms with Crippen molar-refractivity contribution in [3.8, 4) is 0 Å². The van der Waals surface area contributed by atoms with Crippen LogP contribution in [0.5, 0.6) is 0 Å². The molecule has 154 valence electrons. The third kappa shape index (κ3) is 3.07. The molecular formula is C24H24N2O4. The molecule has 2 bridgehead atoms. The Morgan fingerprint density at radius 2 is 1.87 bits per heavy atom. The molecule has 2 aromatic rings. The molecule has 0 radical (unpaired) electrons. The van der Waals surface area contributed by atoms with Crippen LogP contribution in [-0.2, 0) is 14.3 Å². The van der Waals surface area contributed by atoms with Crippen LogP contribution < -0.4 is 10.6 Å². The Bertz CT molecular complexity index is 1060. The van der Waals surface area contributed by atoms with Gasteiger partial charge in [0.05, 0.1) is 11.8 Å². The average molecular weight is 404 g/mol. The fourth-order valence-corrected chi connectivity index (χ4v) is 5.48. The fourth-order valence-electron chi connectivity index (χ4n) is 5.48. The Kier molecular flexibility index (Phi) is 4.38. The van der Waals surface area contributed by atoms with Gasteiger partial charge in [-0.15, -0.1) is 0 Å². The monoisotopic (exact) mass is 404 g/mol. The number of esters is 1. The second kappa shape index (κ2) is 6.97. The van der Waals surface area contributed by atoms with Crippen molar-refractivity contribution in [1.29, 1.82) is 0 Å². The summed E-state index contributed by atoms with van der Waals surface area (Å²) in [6.45, 7) is 3.96. The molecule has 1 saturated heterocycles. The number of hydrogen-bond donors (Lipinski definition) is 2. The number of carbonyl (C=O) groups excluding carboxylic acids is 3. The molecule has 30 heavy (non-hydrogen) atoms. The van der Waals surface area contributed by atoms with E-state index in [1.165, 1.54) is 0 Å². The Balaban J connectivity index is 1.30. The van der Waals surface area contributed by atoms with Crippen molar-refractivity contribution in [2.75, 3.05) is 10.6 Å². The van der Waals surface area contributed by atoms with E-state index in [-0.39, 0.29) is 47.6 Å². The molecule has 5 rings (SSSR count). The van der Waals surface area contributed by atoms with E-state index in [2.05, 4.69) is 10.6 Å². The molecule has 3 fully saturated rings. The third-order valence-corrected chi connectivity index (χ3v) is 6.81. The SMILES string of the molecule is Cc1ccc(NC(=O)c2cccc(NC(=O)[C@H]3[C@@H]4C[C@H]5[C@@H]3C(=O)O[C@@H]5C4)c2)c(C)c1. The number of nitrogens with one attached hydrogen (secondary N) is 2. The third-order valence-electron chi connectivity index (χ3n) is 6.81. The summed E-state index contributed by atoms with van der Waals surface area (Å²) in [7, 11) is 0. The number of ether oxygens (including phenoxy) is 1. The molecule has 6 nitrogen and oxygen atoms in total. The maximum Gasteiger partial charge on any atom is 0.310 e. The zero-order valence-electron chi connectivity index (χ0n) is 17.0. The van der Waals surface area contributed by atoms with E-state index in [9.17, 15) is 14.4 Å². The van der Waals surface area contributed by atoms with Gasteiger partial charge < -0.3 is 15.4 Å². The molecule has 3 aliphatic rings. The molecule has 1 heterocycles. The first kappa shape index (κ1) is 18.9. The number of carbonyl (C=O) groups is 3. The van der Waals surface area contributed by atoms with E-state index in [4.69, 9.17) is 4.74 Å². The molecule has 0 aromatic heterocycles. The molecular weight excluding hydrogens is 380 g/mol. The predicted octanol–water partition coefficient (Wildman–Crippen LogP) is 3.69. The summed E-state index contributed by atoms with van der Waals surface area (Å²) in [6.07, 6.45) is 1.68. The molecule has 0 unspecified atom stereocenters. The lowest BCUT2D eigenvalue weighted by Crippen LogP contribution is -2.35. The molecule has 1 aliphatic heterocycles. The van der Waals surface area contributed by atoms with Crippen molar-refractivity contribution in [3.05, 3.63) is 59.2 Å². The standard InChI is InChI=1S/C24H24N2O4/c1-12-6-7-18(13(2)8-12)26-22(27)14-4-3-5-16(9-14)25-23(28)20-15-10-17-19(11-15)30-24(29)21(17)20/h3-9,15,17,19-21H,10-11H2,1-2H3,(H,25,28)(H,26,27)/t15-,17-,19-,20+,21+/m1/s1. The molecule has 2 aromatic carbocycles. The molecule has 5 atom stereocenters. The van der Waals surface area contributed by atoms with E-state index < -0.39 is 0 Å². The topological polar surface area (TPSA) is 84.5 Å². The van der Waals surface area contributed by atoms with Gasteiger partial charge in [0, 0.05) is 22.9 Å². The summed E-state index contributed by atoms with van der Waals surface area (Å²) in [6, 6.07) is 12.7. The number of rotatable bonds is 4. The van der Waals surface area contributed by atoms with Crippen molar-refractivity contribution in [1.82, 2.24) is 0 Å². The Morgan fingerprint density at radius 1 is 1.03 bits per heavy atom. The molecule has 6 heteroatoms. The quantitative estimate of drug-likeness (QED) is 0.761. The van der Waals surface area contributed by atoms with E-state index in [0.717, 1.165) is 29.7 Å². The molecule has 0 spiro atoms. The normalized spacial score (nSPS) is 28.3. The molecule has 2 amide bonds. The van der Waals surface area contributed by atoms with Crippen LogP contribution in [0.15, 0.2) is 42.5 Å². The molecule has 2 N–H and O–H groups in total. The van der Waals surface area contributed by atoms with Crippen molar-refractivity contribution in [2.45, 2.75) is 32.8 Å². The lowest BCUT2D eigenvalue weighted by atomic mass is 9.79. The smallest absolute Gasteiger partial charge is 0.310 e. The molecule has 2 aliphatic carbocycles. The summed E-state index contributed by atoms with van der Waals surface area (Å²) < 4.78 is 5.42. The van der Waals surface area contributed by atoms with Crippen LogP contribution in [0, 0.1) is 37.5 Å². The van der Waals surface area contributed by atoms with Gasteiger partial charge in [0.2, 0.25) is 5.91 Å². The highest BCUT2D eigenvalue weighted by Crippen LogP contribution is 2.57. The zero-order valence-corrected chi connectivity index (χ0v) is 17.0. The van der Waals surface area contributed by atoms with Crippen LogP contribution in [-0.4, -0.2) is 23.9 Å². The maximum absolute atomic E-state index is 13.0. The van der Waals surface area contributed by atoms with Crippen molar-refractivity contribution < 1.29 is 19.1 Å². The summed E-state index contributed by atoms with van der Waals surface area (Å²) in [5, 5.41) is 5.85. The van der Waals surface area contributed by atoms with Crippen molar-refractivity contribution in [2.24, 2.45) is 23.7 Å². The lowest BCUT2D eigenvalue weighted by Gasteiger charge is -2.23. The van der Waals surface area contributed by atoms with Gasteiger partial charge in [0.15, 0.2) is 0 Å². The van der Waals surface area contributed by atoms with Crippen LogP contribution in [0.1, 0.15) is 34.3 Å². The summed E-state index contributed by atoms with van der Waals surface area (Å²) in [5.74, 6) is -0.886. The van der Waals surface area contributed by atoms with Gasteiger partial charge in [0.25, 0.3) is 5.91 Å². The summed E-state index contributed by atoms with van der Waals surface area (Å²) in [5.41, 5.74) is 3.90. The fraction of sp³-hybridized carbons (Fsp3) is 0.375. The maximum atomic E-state index is 13.0. The number of anilines is 2. The first-order chi connectivity index (χ1) is 14.4. The van der Waals surface area contributed by atoms with Crippen LogP contribution in [0.25, 0.3) is 0 Å². The summed E-state index contributed by atoms with van der Waals surface area (Å²) in [4.78, 5) is 37.8. The van der Waals surface area contributed by atoms with Crippen LogP contribution in [0.3, 0.4) is 0 Å². The number of hydrogen-bond acceptors (Lipinski definition) is 4. The Labute approximate surface area is 175 Å². The van der Waals surface area contributed by atoms with Gasteiger partial charge in [-0.25, -0.2) is 0 Å². The number of amides is 2. The second-order valence-electron chi connectivity index (χ2n) is 8.76. The average Bonchev–Trinajstić information content (AvgIpc) is 3.33. The minimum absolute atomic E-state index is 0.00815. The van der Waals surface area contributed by atoms with E-state index >= 15 is 0 Å². The van der Waals surface area contributed by atoms with E-state index in [1.54, 1.807) is 24.3 Å². The lowest BCUT2D eigenvalue weighted by molar-refractivity contribution is -0.145. The highest BCUT2D eigenvalue weighted by molar-refractivity contribution is 6.06. The summed E-state index contributed by atoms with van der Waals surface area (Å²) >= 11 is 0. The van der Waals surface area contributed by atoms with Crippen molar-refractivity contribution >= 4 is 29.2 Å². The minimum Gasteiger partial charge on any atom is -0.462 e. The second-order valence-corrected chi connectivity index (χ2v) is 8.76. The Morgan fingerprint density at radius 3 is 2.67 bits per heavy atom. The van der Waals surface area contributed by atoms with Gasteiger partial charge in [-0.3, -0.25) is 14.4 Å². The predicted molar refractivity (Wildman–Crippen MR) is 112 cm³/mol. The van der Waals surface area contributed by atoms with Gasteiger partial charge in [-0.1, -0.05) is 23.8 Å². The van der Waals surface area contributed by atoms with Gasteiger partial charge in [-0.05, 0) is 62.4 Å². The van der Waals surface area contributed by atoms with Gasteiger partial charge in [0.1, 0.15) is 6.10 Å². The van der Waals surface area contributed by atoms with Gasteiger partial charge in [-0.2, -0.15) is 0 Å². The molecule has 2 saturated carbocycles.